The summed E-state index contributed by atoms with van der Waals surface area (Å²) in [4.78, 5) is 11.9. The number of rotatable bonds is 4. The Hall–Kier alpha value is -1.05. The number of carbonyl (C=O) groups excluding carboxylic acids is 1. The van der Waals surface area contributed by atoms with Crippen LogP contribution < -0.4 is 0 Å². The summed E-state index contributed by atoms with van der Waals surface area (Å²) in [5.74, 6) is 0.797. The molecule has 0 amide bonds. The Morgan fingerprint density at radius 1 is 1.39 bits per heavy atom. The molecule has 0 aromatic rings. The van der Waals surface area contributed by atoms with Crippen molar-refractivity contribution in [2.75, 3.05) is 0 Å². The second-order valence-electron chi connectivity index (χ2n) is 6.15. The minimum Gasteiger partial charge on any atom is -0.455 e. The lowest BCUT2D eigenvalue weighted by molar-refractivity contribution is -0.162. The van der Waals surface area contributed by atoms with Gasteiger partial charge >= 0.3 is 5.97 Å². The zero-order chi connectivity index (χ0) is 13.3. The predicted molar refractivity (Wildman–Crippen MR) is 73.1 cm³/mol. The summed E-state index contributed by atoms with van der Waals surface area (Å²) in [6.07, 6.45) is 8.01. The molecule has 2 aliphatic carbocycles. The van der Waals surface area contributed by atoms with E-state index >= 15 is 0 Å². The van der Waals surface area contributed by atoms with Crippen LogP contribution in [-0.4, -0.2) is 11.6 Å². The van der Waals surface area contributed by atoms with Gasteiger partial charge in [-0.1, -0.05) is 18.2 Å². The van der Waals surface area contributed by atoms with Gasteiger partial charge in [0.05, 0.1) is 0 Å². The van der Waals surface area contributed by atoms with Crippen LogP contribution in [0.1, 0.15) is 52.9 Å². The Balaban J connectivity index is 2.11. The number of hydrogen-bond acceptors (Lipinski definition) is 2. The van der Waals surface area contributed by atoms with Gasteiger partial charge in [-0.3, -0.25) is 0 Å². The van der Waals surface area contributed by atoms with E-state index in [4.69, 9.17) is 4.74 Å². The SMILES string of the molecule is C=C(C)C(=O)OC(C)(C1CC=C(C)CC1)C1CC1. The first kappa shape index (κ1) is 13.4. The molecule has 1 saturated carbocycles. The average Bonchev–Trinajstić information content (AvgIpc) is 3.13. The van der Waals surface area contributed by atoms with Gasteiger partial charge < -0.3 is 4.74 Å². The predicted octanol–water partition coefficient (Wildman–Crippen LogP) is 4.02. The van der Waals surface area contributed by atoms with Crippen molar-refractivity contribution in [3.05, 3.63) is 23.8 Å². The van der Waals surface area contributed by atoms with E-state index in [0.717, 1.165) is 19.3 Å². The van der Waals surface area contributed by atoms with Crippen LogP contribution in [0.4, 0.5) is 0 Å². The molecule has 2 rings (SSSR count). The Bertz CT molecular complexity index is 390. The number of hydrogen-bond donors (Lipinski definition) is 0. The Morgan fingerprint density at radius 3 is 2.50 bits per heavy atom. The van der Waals surface area contributed by atoms with Crippen molar-refractivity contribution in [3.8, 4) is 0 Å². The fraction of sp³-hybridized carbons (Fsp3) is 0.688. The van der Waals surface area contributed by atoms with Crippen molar-refractivity contribution in [1.29, 1.82) is 0 Å². The molecule has 100 valence electrons. The second-order valence-corrected chi connectivity index (χ2v) is 6.15. The minimum absolute atomic E-state index is 0.226. The Kier molecular flexibility index (Phi) is 3.65. The van der Waals surface area contributed by atoms with E-state index in [0.29, 0.717) is 17.4 Å². The first-order chi connectivity index (χ1) is 8.43. The summed E-state index contributed by atoms with van der Waals surface area (Å²) < 4.78 is 5.83. The first-order valence-corrected chi connectivity index (χ1v) is 6.98. The number of carbonyl (C=O) groups is 1. The van der Waals surface area contributed by atoms with E-state index in [1.807, 2.05) is 0 Å². The molecule has 1 fully saturated rings. The molecule has 2 atom stereocenters. The molecular formula is C16H24O2. The van der Waals surface area contributed by atoms with Crippen LogP contribution in [-0.2, 0) is 9.53 Å². The molecule has 2 aliphatic rings. The van der Waals surface area contributed by atoms with Gasteiger partial charge in [-0.05, 0) is 58.8 Å². The van der Waals surface area contributed by atoms with Crippen molar-refractivity contribution in [2.45, 2.75) is 58.5 Å². The summed E-state index contributed by atoms with van der Waals surface area (Å²) in [6.45, 7) is 9.73. The topological polar surface area (TPSA) is 26.3 Å². The zero-order valence-corrected chi connectivity index (χ0v) is 11.8. The average molecular weight is 248 g/mol. The van der Waals surface area contributed by atoms with Gasteiger partial charge in [-0.2, -0.15) is 0 Å². The molecule has 0 spiro atoms. The third kappa shape index (κ3) is 2.68. The minimum atomic E-state index is -0.284. The van der Waals surface area contributed by atoms with Gasteiger partial charge in [-0.15, -0.1) is 0 Å². The second kappa shape index (κ2) is 4.91. The maximum Gasteiger partial charge on any atom is 0.333 e. The molecule has 2 heteroatoms. The highest BCUT2D eigenvalue weighted by Crippen LogP contribution is 2.49. The van der Waals surface area contributed by atoms with Crippen LogP contribution in [0.5, 0.6) is 0 Å². The van der Waals surface area contributed by atoms with Crippen LogP contribution in [0.15, 0.2) is 23.8 Å². The lowest BCUT2D eigenvalue weighted by Crippen LogP contribution is -2.42. The Labute approximate surface area is 110 Å². The Morgan fingerprint density at radius 2 is 2.06 bits per heavy atom. The van der Waals surface area contributed by atoms with Crippen molar-refractivity contribution >= 4 is 5.97 Å². The maximum absolute atomic E-state index is 11.9. The van der Waals surface area contributed by atoms with Gasteiger partial charge in [0.1, 0.15) is 5.60 Å². The summed E-state index contributed by atoms with van der Waals surface area (Å²) in [5.41, 5.74) is 1.69. The smallest absolute Gasteiger partial charge is 0.333 e. The highest BCUT2D eigenvalue weighted by Gasteiger charge is 2.49. The molecule has 0 aromatic carbocycles. The van der Waals surface area contributed by atoms with Crippen molar-refractivity contribution in [1.82, 2.24) is 0 Å². The highest BCUT2D eigenvalue weighted by molar-refractivity contribution is 5.87. The normalized spacial score (nSPS) is 27.1. The number of allylic oxidation sites excluding steroid dienone is 2. The van der Waals surface area contributed by atoms with Gasteiger partial charge in [0.2, 0.25) is 0 Å². The molecule has 2 nitrogen and oxygen atoms in total. The number of ether oxygens (including phenoxy) is 1. The van der Waals surface area contributed by atoms with E-state index in [9.17, 15) is 4.79 Å². The van der Waals surface area contributed by atoms with Gasteiger partial charge in [-0.25, -0.2) is 4.79 Å². The van der Waals surface area contributed by atoms with E-state index in [-0.39, 0.29) is 11.6 Å². The van der Waals surface area contributed by atoms with Crippen LogP contribution >= 0.6 is 0 Å². The summed E-state index contributed by atoms with van der Waals surface area (Å²) in [7, 11) is 0. The van der Waals surface area contributed by atoms with Crippen molar-refractivity contribution in [2.24, 2.45) is 11.8 Å². The van der Waals surface area contributed by atoms with Gasteiger partial charge in [0.15, 0.2) is 0 Å². The third-order valence-electron chi connectivity index (χ3n) is 4.50. The van der Waals surface area contributed by atoms with Crippen LogP contribution in [0.2, 0.25) is 0 Å². The first-order valence-electron chi connectivity index (χ1n) is 6.98. The molecule has 2 unspecified atom stereocenters. The fourth-order valence-corrected chi connectivity index (χ4v) is 2.93. The highest BCUT2D eigenvalue weighted by atomic mass is 16.6. The molecule has 0 heterocycles. The lowest BCUT2D eigenvalue weighted by atomic mass is 9.76. The maximum atomic E-state index is 11.9. The summed E-state index contributed by atoms with van der Waals surface area (Å²) in [5, 5.41) is 0. The molecule has 18 heavy (non-hydrogen) atoms. The van der Waals surface area contributed by atoms with Gasteiger partial charge in [0, 0.05) is 11.5 Å². The quantitative estimate of drug-likeness (QED) is 0.427. The van der Waals surface area contributed by atoms with Crippen molar-refractivity contribution in [3.63, 3.8) is 0 Å². The molecule has 0 bridgehead atoms. The van der Waals surface area contributed by atoms with E-state index in [1.54, 1.807) is 6.92 Å². The molecule has 0 radical (unpaired) electrons. The summed E-state index contributed by atoms with van der Waals surface area (Å²) >= 11 is 0. The van der Waals surface area contributed by atoms with Crippen LogP contribution in [0, 0.1) is 11.8 Å². The standard InChI is InChI=1S/C16H24O2/c1-11(2)15(17)18-16(4,14-9-10-14)13-7-5-12(3)6-8-13/h5,13-14H,1,6-10H2,2-4H3. The van der Waals surface area contributed by atoms with E-state index in [1.165, 1.54) is 18.4 Å². The number of esters is 1. The largest absolute Gasteiger partial charge is 0.455 e. The van der Waals surface area contributed by atoms with Crippen molar-refractivity contribution < 1.29 is 9.53 Å². The summed E-state index contributed by atoms with van der Waals surface area (Å²) in [6, 6.07) is 0. The molecular weight excluding hydrogens is 224 g/mol. The van der Waals surface area contributed by atoms with Gasteiger partial charge in [0.25, 0.3) is 0 Å². The zero-order valence-electron chi connectivity index (χ0n) is 11.8. The third-order valence-corrected chi connectivity index (χ3v) is 4.50. The molecule has 0 N–H and O–H groups in total. The van der Waals surface area contributed by atoms with Crippen LogP contribution in [0.25, 0.3) is 0 Å². The monoisotopic (exact) mass is 248 g/mol. The van der Waals surface area contributed by atoms with E-state index in [2.05, 4.69) is 26.5 Å². The lowest BCUT2D eigenvalue weighted by Gasteiger charge is -2.39. The fourth-order valence-electron chi connectivity index (χ4n) is 2.93. The van der Waals surface area contributed by atoms with E-state index < -0.39 is 0 Å². The molecule has 0 aromatic heterocycles. The molecule has 0 saturated heterocycles. The molecule has 0 aliphatic heterocycles. The van der Waals surface area contributed by atoms with Crippen LogP contribution in [0.3, 0.4) is 0 Å².